The molecule has 1 aromatic carbocycles. The maximum Gasteiger partial charge on any atom is 0.166 e. The van der Waals surface area contributed by atoms with E-state index >= 15 is 0 Å². The molecule has 1 aliphatic rings. The molecule has 0 saturated heterocycles. The SMILES string of the molecule is CC#CCCC1CCc2ccccc2C1=O. The summed E-state index contributed by atoms with van der Waals surface area (Å²) < 4.78 is 0. The Bertz CT molecular complexity index is 448. The van der Waals surface area contributed by atoms with E-state index in [2.05, 4.69) is 17.9 Å². The van der Waals surface area contributed by atoms with Crippen LogP contribution >= 0.6 is 0 Å². The maximum absolute atomic E-state index is 12.2. The third-order valence-corrected chi connectivity index (χ3v) is 3.21. The smallest absolute Gasteiger partial charge is 0.166 e. The Morgan fingerprint density at radius 1 is 1.38 bits per heavy atom. The number of benzene rings is 1. The number of aryl methyl sites for hydroxylation is 1. The number of carbonyl (C=O) groups is 1. The van der Waals surface area contributed by atoms with E-state index in [1.165, 1.54) is 5.56 Å². The highest BCUT2D eigenvalue weighted by Crippen LogP contribution is 2.27. The van der Waals surface area contributed by atoms with Crippen molar-refractivity contribution in [2.45, 2.75) is 32.6 Å². The molecule has 1 atom stereocenters. The first kappa shape index (κ1) is 11.0. The van der Waals surface area contributed by atoms with Gasteiger partial charge in [-0.3, -0.25) is 4.79 Å². The van der Waals surface area contributed by atoms with Gasteiger partial charge in [0.05, 0.1) is 0 Å². The average Bonchev–Trinajstić information content (AvgIpc) is 2.33. The highest BCUT2D eigenvalue weighted by molar-refractivity contribution is 6.00. The molecule has 0 fully saturated rings. The molecule has 1 unspecified atom stereocenters. The van der Waals surface area contributed by atoms with Crippen LogP contribution in [-0.4, -0.2) is 5.78 Å². The summed E-state index contributed by atoms with van der Waals surface area (Å²) in [5.41, 5.74) is 2.15. The third-order valence-electron chi connectivity index (χ3n) is 3.21. The first-order chi connectivity index (χ1) is 7.83. The summed E-state index contributed by atoms with van der Waals surface area (Å²) in [6, 6.07) is 7.98. The predicted molar refractivity (Wildman–Crippen MR) is 65.3 cm³/mol. The van der Waals surface area contributed by atoms with Gasteiger partial charge in [0.15, 0.2) is 5.78 Å². The Labute approximate surface area is 96.9 Å². The molecule has 1 aliphatic carbocycles. The fraction of sp³-hybridized carbons (Fsp3) is 0.400. The zero-order valence-corrected chi connectivity index (χ0v) is 9.62. The second-order valence-electron chi connectivity index (χ2n) is 4.22. The minimum absolute atomic E-state index is 0.191. The van der Waals surface area contributed by atoms with Crippen molar-refractivity contribution in [3.8, 4) is 11.8 Å². The van der Waals surface area contributed by atoms with E-state index in [0.717, 1.165) is 31.2 Å². The lowest BCUT2D eigenvalue weighted by Gasteiger charge is -2.22. The first-order valence-electron chi connectivity index (χ1n) is 5.84. The van der Waals surface area contributed by atoms with E-state index in [9.17, 15) is 4.79 Å². The molecule has 0 amide bonds. The molecule has 0 aliphatic heterocycles. The molecule has 1 aromatic rings. The van der Waals surface area contributed by atoms with Crippen molar-refractivity contribution in [3.63, 3.8) is 0 Å². The second-order valence-corrected chi connectivity index (χ2v) is 4.22. The van der Waals surface area contributed by atoms with Crippen molar-refractivity contribution in [1.82, 2.24) is 0 Å². The van der Waals surface area contributed by atoms with Crippen molar-refractivity contribution in [2.75, 3.05) is 0 Å². The van der Waals surface area contributed by atoms with Gasteiger partial charge in [-0.15, -0.1) is 11.8 Å². The van der Waals surface area contributed by atoms with E-state index < -0.39 is 0 Å². The van der Waals surface area contributed by atoms with Crippen molar-refractivity contribution in [1.29, 1.82) is 0 Å². The molecule has 1 heteroatoms. The Hall–Kier alpha value is -1.55. The molecule has 0 heterocycles. The molecule has 16 heavy (non-hydrogen) atoms. The summed E-state index contributed by atoms with van der Waals surface area (Å²) in [7, 11) is 0. The standard InChI is InChI=1S/C15H16O/c1-2-3-4-8-13-11-10-12-7-5-6-9-14(12)15(13)16/h5-7,9,13H,4,8,10-11H2,1H3. The Morgan fingerprint density at radius 3 is 3.00 bits per heavy atom. The van der Waals surface area contributed by atoms with Gasteiger partial charge in [-0.2, -0.15) is 0 Å². The van der Waals surface area contributed by atoms with Gasteiger partial charge in [0.2, 0.25) is 0 Å². The molecule has 0 radical (unpaired) electrons. The molecule has 82 valence electrons. The van der Waals surface area contributed by atoms with Crippen molar-refractivity contribution in [3.05, 3.63) is 35.4 Å². The zero-order chi connectivity index (χ0) is 11.4. The van der Waals surface area contributed by atoms with E-state index in [1.807, 2.05) is 25.1 Å². The van der Waals surface area contributed by atoms with Gasteiger partial charge in [0.25, 0.3) is 0 Å². The van der Waals surface area contributed by atoms with Crippen molar-refractivity contribution >= 4 is 5.78 Å². The minimum Gasteiger partial charge on any atom is -0.294 e. The summed E-state index contributed by atoms with van der Waals surface area (Å²) in [5.74, 6) is 6.43. The fourth-order valence-corrected chi connectivity index (χ4v) is 2.31. The van der Waals surface area contributed by atoms with Crippen LogP contribution in [0, 0.1) is 17.8 Å². The topological polar surface area (TPSA) is 17.1 Å². The molecule has 0 N–H and O–H groups in total. The van der Waals surface area contributed by atoms with Crippen LogP contribution in [0.2, 0.25) is 0 Å². The second kappa shape index (κ2) is 4.99. The van der Waals surface area contributed by atoms with E-state index in [1.54, 1.807) is 0 Å². The highest BCUT2D eigenvalue weighted by Gasteiger charge is 2.25. The molecule has 0 saturated carbocycles. The molecular weight excluding hydrogens is 196 g/mol. The van der Waals surface area contributed by atoms with Crippen LogP contribution in [0.3, 0.4) is 0 Å². The van der Waals surface area contributed by atoms with Crippen molar-refractivity contribution < 1.29 is 4.79 Å². The van der Waals surface area contributed by atoms with E-state index in [0.29, 0.717) is 5.78 Å². The monoisotopic (exact) mass is 212 g/mol. The highest BCUT2D eigenvalue weighted by atomic mass is 16.1. The maximum atomic E-state index is 12.2. The number of hydrogen-bond acceptors (Lipinski definition) is 1. The zero-order valence-electron chi connectivity index (χ0n) is 9.62. The largest absolute Gasteiger partial charge is 0.294 e. The number of Topliss-reactive ketones (excluding diaryl/α,β-unsaturated/α-hetero) is 1. The third kappa shape index (κ3) is 2.17. The summed E-state index contributed by atoms with van der Waals surface area (Å²) in [6.07, 6.45) is 3.77. The van der Waals surface area contributed by atoms with Gasteiger partial charge in [0.1, 0.15) is 0 Å². The average molecular weight is 212 g/mol. The quantitative estimate of drug-likeness (QED) is 0.688. The summed E-state index contributed by atoms with van der Waals surface area (Å²) in [6.45, 7) is 1.85. The summed E-state index contributed by atoms with van der Waals surface area (Å²) >= 11 is 0. The lowest BCUT2D eigenvalue weighted by molar-refractivity contribution is 0.0896. The number of hydrogen-bond donors (Lipinski definition) is 0. The Morgan fingerprint density at radius 2 is 2.19 bits per heavy atom. The molecular formula is C15H16O. The van der Waals surface area contributed by atoms with Gasteiger partial charge in [0, 0.05) is 17.9 Å². The van der Waals surface area contributed by atoms with Crippen LogP contribution in [0.25, 0.3) is 0 Å². The van der Waals surface area contributed by atoms with Crippen LogP contribution in [0.4, 0.5) is 0 Å². The van der Waals surface area contributed by atoms with E-state index in [-0.39, 0.29) is 5.92 Å². The molecule has 2 rings (SSSR count). The van der Waals surface area contributed by atoms with Crippen molar-refractivity contribution in [2.24, 2.45) is 5.92 Å². The van der Waals surface area contributed by atoms with Crippen LogP contribution in [0.15, 0.2) is 24.3 Å². The molecule has 0 spiro atoms. The number of ketones is 1. The van der Waals surface area contributed by atoms with Crippen LogP contribution < -0.4 is 0 Å². The number of carbonyl (C=O) groups excluding carboxylic acids is 1. The van der Waals surface area contributed by atoms with Crippen LogP contribution in [-0.2, 0) is 6.42 Å². The minimum atomic E-state index is 0.191. The van der Waals surface area contributed by atoms with Gasteiger partial charge in [-0.1, -0.05) is 24.3 Å². The Kier molecular flexibility index (Phi) is 3.41. The van der Waals surface area contributed by atoms with Gasteiger partial charge < -0.3 is 0 Å². The summed E-state index contributed by atoms with van der Waals surface area (Å²) in [5, 5.41) is 0. The normalized spacial score (nSPS) is 18.6. The van der Waals surface area contributed by atoms with Gasteiger partial charge >= 0.3 is 0 Å². The van der Waals surface area contributed by atoms with Crippen LogP contribution in [0.1, 0.15) is 42.1 Å². The lowest BCUT2D eigenvalue weighted by atomic mass is 9.80. The predicted octanol–water partition coefficient (Wildman–Crippen LogP) is 3.24. The van der Waals surface area contributed by atoms with Crippen LogP contribution in [0.5, 0.6) is 0 Å². The Balaban J connectivity index is 2.11. The molecule has 0 bridgehead atoms. The summed E-state index contributed by atoms with van der Waals surface area (Å²) in [4.78, 5) is 12.2. The van der Waals surface area contributed by atoms with E-state index in [4.69, 9.17) is 0 Å². The molecule has 1 nitrogen and oxygen atoms in total. The molecule has 0 aromatic heterocycles. The lowest BCUT2D eigenvalue weighted by Crippen LogP contribution is -2.22. The number of rotatable bonds is 2. The number of fused-ring (bicyclic) bond motifs is 1. The van der Waals surface area contributed by atoms with Gasteiger partial charge in [-0.25, -0.2) is 0 Å². The van der Waals surface area contributed by atoms with Gasteiger partial charge in [-0.05, 0) is 31.7 Å². The fourth-order valence-electron chi connectivity index (χ4n) is 2.31. The first-order valence-corrected chi connectivity index (χ1v) is 5.84.